The summed E-state index contributed by atoms with van der Waals surface area (Å²) in [6.45, 7) is 4.22. The third kappa shape index (κ3) is 3.76. The van der Waals surface area contributed by atoms with Crippen molar-refractivity contribution in [1.29, 1.82) is 0 Å². The number of carbonyl (C=O) groups is 1. The fourth-order valence-electron chi connectivity index (χ4n) is 3.10. The maximum absolute atomic E-state index is 12.2. The average Bonchev–Trinajstić information content (AvgIpc) is 2.56. The number of benzene rings is 1. The van der Waals surface area contributed by atoms with Crippen LogP contribution in [0.15, 0.2) is 23.0 Å². The van der Waals surface area contributed by atoms with Crippen LogP contribution in [0.5, 0.6) is 0 Å². The summed E-state index contributed by atoms with van der Waals surface area (Å²) in [5.41, 5.74) is 0.425. The van der Waals surface area contributed by atoms with Gasteiger partial charge >= 0.3 is 5.97 Å². The van der Waals surface area contributed by atoms with Gasteiger partial charge < -0.3 is 9.72 Å². The third-order valence-electron chi connectivity index (χ3n) is 4.22. The Balaban J connectivity index is 1.76. The van der Waals surface area contributed by atoms with E-state index in [1.54, 1.807) is 18.2 Å². The molecule has 24 heavy (non-hydrogen) atoms. The van der Waals surface area contributed by atoms with E-state index >= 15 is 0 Å². The molecule has 1 saturated heterocycles. The van der Waals surface area contributed by atoms with Crippen molar-refractivity contribution in [3.8, 4) is 0 Å². The highest BCUT2D eigenvalue weighted by Gasteiger charge is 2.27. The number of hydrogen-bond acceptors (Lipinski definition) is 5. The van der Waals surface area contributed by atoms with E-state index in [0.717, 1.165) is 19.4 Å². The Labute approximate surface area is 144 Å². The van der Waals surface area contributed by atoms with Crippen molar-refractivity contribution in [3.05, 3.63) is 39.4 Å². The highest BCUT2D eigenvalue weighted by Crippen LogP contribution is 2.20. The monoisotopic (exact) mass is 349 g/mol. The van der Waals surface area contributed by atoms with Crippen LogP contribution in [0.4, 0.5) is 0 Å². The molecule has 0 spiro atoms. The van der Waals surface area contributed by atoms with Crippen LogP contribution >= 0.6 is 11.6 Å². The number of halogens is 1. The lowest BCUT2D eigenvalue weighted by Gasteiger charge is -2.30. The first-order chi connectivity index (χ1) is 11.6. The number of nitrogens with zero attached hydrogens (tertiary/aromatic N) is 2. The summed E-state index contributed by atoms with van der Waals surface area (Å²) in [6.07, 6.45) is 1.77. The van der Waals surface area contributed by atoms with Gasteiger partial charge in [0.05, 0.1) is 30.0 Å². The normalized spacial score (nSPS) is 18.7. The zero-order chi connectivity index (χ0) is 17.1. The Morgan fingerprint density at radius 2 is 2.33 bits per heavy atom. The van der Waals surface area contributed by atoms with Crippen molar-refractivity contribution in [3.63, 3.8) is 0 Å². The fraction of sp³-hybridized carbons (Fsp3) is 0.471. The van der Waals surface area contributed by atoms with Gasteiger partial charge in [0.15, 0.2) is 0 Å². The quantitative estimate of drug-likeness (QED) is 0.857. The van der Waals surface area contributed by atoms with Crippen LogP contribution in [0.2, 0.25) is 5.02 Å². The highest BCUT2D eigenvalue weighted by molar-refractivity contribution is 6.31. The molecule has 1 aliphatic rings. The number of piperidine rings is 1. The number of nitrogens with one attached hydrogen (secondary N) is 1. The van der Waals surface area contributed by atoms with Crippen molar-refractivity contribution < 1.29 is 9.53 Å². The summed E-state index contributed by atoms with van der Waals surface area (Å²) in [6, 6.07) is 5.08. The van der Waals surface area contributed by atoms with Crippen LogP contribution < -0.4 is 5.56 Å². The number of fused-ring (bicyclic) bond motifs is 1. The van der Waals surface area contributed by atoms with E-state index in [1.165, 1.54) is 0 Å². The zero-order valence-corrected chi connectivity index (χ0v) is 14.3. The lowest BCUT2D eigenvalue weighted by Crippen LogP contribution is -2.39. The predicted molar refractivity (Wildman–Crippen MR) is 92.0 cm³/mol. The Morgan fingerprint density at radius 1 is 1.50 bits per heavy atom. The summed E-state index contributed by atoms with van der Waals surface area (Å²) < 4.78 is 5.12. The largest absolute Gasteiger partial charge is 0.466 e. The minimum atomic E-state index is -0.198. The number of H-pyrrole nitrogens is 1. The summed E-state index contributed by atoms with van der Waals surface area (Å²) >= 11 is 5.92. The maximum Gasteiger partial charge on any atom is 0.310 e. The second-order valence-corrected chi connectivity index (χ2v) is 6.44. The molecule has 1 N–H and O–H groups in total. The minimum absolute atomic E-state index is 0.107. The number of rotatable bonds is 4. The molecular weight excluding hydrogens is 330 g/mol. The Kier molecular flexibility index (Phi) is 5.16. The first-order valence-electron chi connectivity index (χ1n) is 8.14. The summed E-state index contributed by atoms with van der Waals surface area (Å²) in [7, 11) is 0. The smallest absolute Gasteiger partial charge is 0.310 e. The van der Waals surface area contributed by atoms with Gasteiger partial charge in [-0.05, 0) is 44.5 Å². The number of ether oxygens (including phenoxy) is 1. The van der Waals surface area contributed by atoms with Crippen LogP contribution in [0.25, 0.3) is 10.9 Å². The summed E-state index contributed by atoms with van der Waals surface area (Å²) in [5.74, 6) is 0.348. The predicted octanol–water partition coefficient (Wildman–Crippen LogP) is 2.35. The molecule has 2 heterocycles. The molecule has 1 aliphatic heterocycles. The Hall–Kier alpha value is -1.92. The maximum atomic E-state index is 12.2. The van der Waals surface area contributed by atoms with E-state index < -0.39 is 0 Å². The Morgan fingerprint density at radius 3 is 3.12 bits per heavy atom. The second kappa shape index (κ2) is 7.32. The third-order valence-corrected chi connectivity index (χ3v) is 4.45. The van der Waals surface area contributed by atoms with Crippen molar-refractivity contribution in [2.24, 2.45) is 5.92 Å². The average molecular weight is 350 g/mol. The number of likely N-dealkylation sites (tertiary alicyclic amines) is 1. The van der Waals surface area contributed by atoms with Gasteiger partial charge in [-0.25, -0.2) is 4.98 Å². The van der Waals surface area contributed by atoms with Crippen molar-refractivity contribution in [2.75, 3.05) is 19.7 Å². The molecule has 1 fully saturated rings. The number of hydrogen-bond donors (Lipinski definition) is 1. The van der Waals surface area contributed by atoms with Crippen LogP contribution in [0, 0.1) is 5.92 Å². The molecule has 0 amide bonds. The SMILES string of the molecule is CCOC(=O)C1CCCN(Cc2nc3ccc(Cl)cc3c(=O)[nH]2)C1. The topological polar surface area (TPSA) is 75.3 Å². The molecule has 1 atom stereocenters. The highest BCUT2D eigenvalue weighted by atomic mass is 35.5. The molecule has 0 saturated carbocycles. The Bertz CT molecular complexity index is 805. The van der Waals surface area contributed by atoms with Crippen molar-refractivity contribution in [2.45, 2.75) is 26.3 Å². The molecule has 6 nitrogen and oxygen atoms in total. The summed E-state index contributed by atoms with van der Waals surface area (Å²) in [4.78, 5) is 33.6. The van der Waals surface area contributed by atoms with Gasteiger partial charge in [0.2, 0.25) is 0 Å². The standard InChI is InChI=1S/C17H20ClN3O3/c1-2-24-17(23)11-4-3-7-21(9-11)10-15-19-14-6-5-12(18)8-13(14)16(22)20-15/h5-6,8,11H,2-4,7,9-10H2,1H3,(H,19,20,22). The molecular formula is C17H20ClN3O3. The number of esters is 1. The molecule has 1 aromatic carbocycles. The lowest BCUT2D eigenvalue weighted by atomic mass is 9.98. The van der Waals surface area contributed by atoms with Gasteiger partial charge in [0.1, 0.15) is 5.82 Å². The number of aromatic amines is 1. The molecule has 1 aromatic heterocycles. The molecule has 0 bridgehead atoms. The zero-order valence-electron chi connectivity index (χ0n) is 13.5. The number of aromatic nitrogens is 2. The molecule has 2 aromatic rings. The molecule has 7 heteroatoms. The second-order valence-electron chi connectivity index (χ2n) is 6.00. The van der Waals surface area contributed by atoms with E-state index in [0.29, 0.717) is 41.4 Å². The van der Waals surface area contributed by atoms with Crippen molar-refractivity contribution in [1.82, 2.24) is 14.9 Å². The van der Waals surface area contributed by atoms with E-state index in [4.69, 9.17) is 16.3 Å². The van der Waals surface area contributed by atoms with Crippen LogP contribution in [0.1, 0.15) is 25.6 Å². The number of carbonyl (C=O) groups excluding carboxylic acids is 1. The van der Waals surface area contributed by atoms with Gasteiger partial charge in [-0.1, -0.05) is 11.6 Å². The molecule has 0 aliphatic carbocycles. The van der Waals surface area contributed by atoms with Gasteiger partial charge in [-0.3, -0.25) is 14.5 Å². The van der Waals surface area contributed by atoms with Gasteiger partial charge in [0, 0.05) is 11.6 Å². The van der Waals surface area contributed by atoms with E-state index in [-0.39, 0.29) is 17.4 Å². The fourth-order valence-corrected chi connectivity index (χ4v) is 3.27. The van der Waals surface area contributed by atoms with Crippen LogP contribution in [-0.4, -0.2) is 40.5 Å². The van der Waals surface area contributed by atoms with Gasteiger partial charge in [-0.15, -0.1) is 0 Å². The molecule has 1 unspecified atom stereocenters. The molecule has 128 valence electrons. The molecule has 3 rings (SSSR count). The molecule has 0 radical (unpaired) electrons. The first-order valence-corrected chi connectivity index (χ1v) is 8.52. The van der Waals surface area contributed by atoms with Crippen LogP contribution in [0.3, 0.4) is 0 Å². The first kappa shape index (κ1) is 16.9. The lowest BCUT2D eigenvalue weighted by molar-refractivity contribution is -0.150. The van der Waals surface area contributed by atoms with E-state index in [2.05, 4.69) is 14.9 Å². The van der Waals surface area contributed by atoms with Crippen LogP contribution in [-0.2, 0) is 16.1 Å². The van der Waals surface area contributed by atoms with E-state index in [9.17, 15) is 9.59 Å². The van der Waals surface area contributed by atoms with Crippen molar-refractivity contribution >= 4 is 28.5 Å². The van der Waals surface area contributed by atoms with Gasteiger partial charge in [0.25, 0.3) is 5.56 Å². The van der Waals surface area contributed by atoms with Gasteiger partial charge in [-0.2, -0.15) is 0 Å². The summed E-state index contributed by atoms with van der Waals surface area (Å²) in [5, 5.41) is 0.991. The minimum Gasteiger partial charge on any atom is -0.466 e. The van der Waals surface area contributed by atoms with E-state index in [1.807, 2.05) is 6.92 Å².